The van der Waals surface area contributed by atoms with Gasteiger partial charge in [0.1, 0.15) is 11.5 Å². The minimum absolute atomic E-state index is 0.0956. The average molecular weight is 298 g/mol. The van der Waals surface area contributed by atoms with E-state index in [4.69, 9.17) is 6.42 Å². The summed E-state index contributed by atoms with van der Waals surface area (Å²) in [5, 5.41) is 11.1. The van der Waals surface area contributed by atoms with Crippen LogP contribution in [0.1, 0.15) is 0 Å². The minimum atomic E-state index is -5.69. The Morgan fingerprint density at radius 3 is 2.50 bits per heavy atom. The first-order chi connectivity index (χ1) is 9.23. The molecule has 0 saturated heterocycles. The first-order valence-corrected chi connectivity index (χ1v) is 5.23. The predicted octanol–water partition coefficient (Wildman–Crippen LogP) is 2.07. The van der Waals surface area contributed by atoms with E-state index in [1.54, 1.807) is 0 Å². The summed E-state index contributed by atoms with van der Waals surface area (Å²) in [6, 6.07) is 0. The van der Waals surface area contributed by atoms with E-state index in [0.29, 0.717) is 0 Å². The van der Waals surface area contributed by atoms with E-state index >= 15 is 0 Å². The Kier molecular flexibility index (Phi) is 4.65. The van der Waals surface area contributed by atoms with Gasteiger partial charge in [-0.05, 0) is 0 Å². The topological polar surface area (TPSA) is 62.0 Å². The van der Waals surface area contributed by atoms with Crippen LogP contribution in [0.15, 0.2) is 0 Å². The van der Waals surface area contributed by atoms with Gasteiger partial charge in [-0.1, -0.05) is 5.92 Å². The van der Waals surface area contributed by atoms with Crippen molar-refractivity contribution < 1.29 is 26.7 Å². The van der Waals surface area contributed by atoms with Crippen LogP contribution < -0.4 is 15.4 Å². The number of nitrogens with zero attached hydrogens (tertiary/aromatic N) is 1. The van der Waals surface area contributed by atoms with Crippen molar-refractivity contribution in [3.05, 3.63) is 0 Å². The Hall–Kier alpha value is -2.18. The minimum Gasteiger partial charge on any atom is -0.468 e. The highest BCUT2D eigenvalue weighted by molar-refractivity contribution is 5.70. The van der Waals surface area contributed by atoms with E-state index in [0.717, 1.165) is 0 Å². The molecule has 0 aliphatic rings. The van der Waals surface area contributed by atoms with Crippen molar-refractivity contribution >= 4 is 11.5 Å². The number of H-pyrrole nitrogens is 1. The molecule has 1 aromatic heterocycles. The van der Waals surface area contributed by atoms with Gasteiger partial charge < -0.3 is 15.4 Å². The van der Waals surface area contributed by atoms with Crippen molar-refractivity contribution in [2.75, 3.05) is 30.8 Å². The molecule has 0 saturated carbocycles. The molecule has 112 valence electrons. The summed E-state index contributed by atoms with van der Waals surface area (Å²) in [6.07, 6.45) is -0.671. The Bertz CT molecular complexity index is 491. The molecule has 0 bridgehead atoms. The Morgan fingerprint density at radius 2 is 2.00 bits per heavy atom. The van der Waals surface area contributed by atoms with E-state index in [1.807, 2.05) is 0 Å². The smallest absolute Gasteiger partial charge is 0.456 e. The molecule has 0 atom stereocenters. The molecule has 0 aliphatic carbocycles. The molecule has 1 rings (SSSR count). The fourth-order valence-electron chi connectivity index (χ4n) is 1.17. The summed E-state index contributed by atoms with van der Waals surface area (Å²) < 4.78 is 65.8. The molecule has 0 spiro atoms. The van der Waals surface area contributed by atoms with Crippen molar-refractivity contribution in [2.24, 2.45) is 0 Å². The van der Waals surface area contributed by atoms with Crippen molar-refractivity contribution in [3.63, 3.8) is 0 Å². The van der Waals surface area contributed by atoms with Crippen LogP contribution in [0.25, 0.3) is 0 Å². The second-order valence-corrected chi connectivity index (χ2v) is 3.58. The number of halogens is 5. The lowest BCUT2D eigenvalue weighted by Crippen LogP contribution is -2.41. The molecule has 3 N–H and O–H groups in total. The van der Waals surface area contributed by atoms with E-state index in [-0.39, 0.29) is 18.1 Å². The lowest BCUT2D eigenvalue weighted by atomic mass is 10.3. The van der Waals surface area contributed by atoms with Crippen LogP contribution >= 0.6 is 0 Å². The number of aromatic amines is 1. The largest absolute Gasteiger partial charge is 0.468 e. The molecule has 1 aromatic rings. The molecule has 0 amide bonds. The maximum atomic E-state index is 12.7. The second kappa shape index (κ2) is 5.85. The van der Waals surface area contributed by atoms with Gasteiger partial charge in [0.25, 0.3) is 5.88 Å². The number of hydrogen-bond acceptors (Lipinski definition) is 4. The maximum absolute atomic E-state index is 12.7. The Morgan fingerprint density at radius 1 is 1.35 bits per heavy atom. The zero-order valence-electron chi connectivity index (χ0n) is 10.2. The third-order valence-electron chi connectivity index (χ3n) is 2.16. The summed E-state index contributed by atoms with van der Waals surface area (Å²) in [5.41, 5.74) is 0.0956. The van der Waals surface area contributed by atoms with Crippen LogP contribution in [-0.4, -0.2) is 42.5 Å². The van der Waals surface area contributed by atoms with Crippen molar-refractivity contribution in [1.29, 1.82) is 0 Å². The Balaban J connectivity index is 2.79. The molecule has 0 aromatic carbocycles. The van der Waals surface area contributed by atoms with Crippen LogP contribution in [0.3, 0.4) is 0 Å². The third kappa shape index (κ3) is 3.43. The number of anilines is 2. The number of rotatable bonds is 6. The molecule has 1 heterocycles. The molecule has 0 unspecified atom stereocenters. The van der Waals surface area contributed by atoms with Crippen LogP contribution in [0.5, 0.6) is 5.88 Å². The molecule has 0 radical (unpaired) electrons. The lowest BCUT2D eigenvalue weighted by molar-refractivity contribution is -0.290. The number of ether oxygens (including phenoxy) is 1. The standard InChI is InChI=1S/C10H11F5N4O/c1-3-4-17-7-6(16-2)8(19-18-7)20-5-9(11,12)10(13,14)15/h1,16H,4-5H2,2H3,(H2,17,18,19). The number of hydrogen-bond donors (Lipinski definition) is 3. The zero-order chi connectivity index (χ0) is 15.4. The number of aromatic nitrogens is 2. The first kappa shape index (κ1) is 15.9. The van der Waals surface area contributed by atoms with E-state index in [1.165, 1.54) is 7.05 Å². The van der Waals surface area contributed by atoms with Gasteiger partial charge in [-0.2, -0.15) is 22.0 Å². The quantitative estimate of drug-likeness (QED) is 0.556. The third-order valence-corrected chi connectivity index (χ3v) is 2.16. The van der Waals surface area contributed by atoms with E-state index < -0.39 is 24.6 Å². The van der Waals surface area contributed by atoms with Crippen LogP contribution in [-0.2, 0) is 0 Å². The van der Waals surface area contributed by atoms with Crippen molar-refractivity contribution in [1.82, 2.24) is 10.2 Å². The van der Waals surface area contributed by atoms with Gasteiger partial charge >= 0.3 is 12.1 Å². The van der Waals surface area contributed by atoms with Crippen LogP contribution in [0.2, 0.25) is 0 Å². The lowest BCUT2D eigenvalue weighted by Gasteiger charge is -2.19. The van der Waals surface area contributed by atoms with Gasteiger partial charge in [-0.25, -0.2) is 0 Å². The highest BCUT2D eigenvalue weighted by Gasteiger charge is 2.58. The van der Waals surface area contributed by atoms with Gasteiger partial charge in [-0.15, -0.1) is 11.5 Å². The molecule has 0 fully saturated rings. The maximum Gasteiger partial charge on any atom is 0.456 e. The van der Waals surface area contributed by atoms with Gasteiger partial charge in [0.2, 0.25) is 0 Å². The van der Waals surface area contributed by atoms with Crippen molar-refractivity contribution in [2.45, 2.75) is 12.1 Å². The number of terminal acetylenes is 1. The highest BCUT2D eigenvalue weighted by Crippen LogP contribution is 2.37. The first-order valence-electron chi connectivity index (χ1n) is 5.23. The SMILES string of the molecule is C#CCNc1[nH]nc(OCC(F)(F)C(F)(F)F)c1NC. The van der Waals surface area contributed by atoms with E-state index in [2.05, 4.69) is 31.5 Å². The second-order valence-electron chi connectivity index (χ2n) is 3.58. The molecule has 20 heavy (non-hydrogen) atoms. The summed E-state index contributed by atoms with van der Waals surface area (Å²) in [7, 11) is 1.42. The summed E-state index contributed by atoms with van der Waals surface area (Å²) >= 11 is 0. The summed E-state index contributed by atoms with van der Waals surface area (Å²) in [4.78, 5) is 0. The van der Waals surface area contributed by atoms with Crippen LogP contribution in [0.4, 0.5) is 33.5 Å². The van der Waals surface area contributed by atoms with Gasteiger partial charge in [0, 0.05) is 7.05 Å². The van der Waals surface area contributed by atoms with E-state index in [9.17, 15) is 22.0 Å². The fraction of sp³-hybridized carbons (Fsp3) is 0.500. The number of nitrogens with one attached hydrogen (secondary N) is 3. The fourth-order valence-corrected chi connectivity index (χ4v) is 1.17. The molecular weight excluding hydrogens is 287 g/mol. The van der Waals surface area contributed by atoms with Crippen molar-refractivity contribution in [3.8, 4) is 18.2 Å². The van der Waals surface area contributed by atoms with Gasteiger partial charge in [-0.3, -0.25) is 5.10 Å². The molecular formula is C10H11F5N4O. The molecule has 0 aliphatic heterocycles. The number of alkyl halides is 5. The molecule has 5 nitrogen and oxygen atoms in total. The predicted molar refractivity (Wildman–Crippen MR) is 62.0 cm³/mol. The Labute approximate surface area is 110 Å². The highest BCUT2D eigenvalue weighted by atomic mass is 19.4. The molecule has 10 heteroatoms. The van der Waals surface area contributed by atoms with Gasteiger partial charge in [0.05, 0.1) is 6.54 Å². The van der Waals surface area contributed by atoms with Gasteiger partial charge in [0.15, 0.2) is 6.61 Å². The monoisotopic (exact) mass is 298 g/mol. The summed E-state index contributed by atoms with van der Waals surface area (Å²) in [6.45, 7) is -1.76. The average Bonchev–Trinajstić information content (AvgIpc) is 2.74. The van der Waals surface area contributed by atoms with Crippen LogP contribution in [0, 0.1) is 12.3 Å². The normalized spacial score (nSPS) is 11.8. The zero-order valence-corrected chi connectivity index (χ0v) is 10.2. The summed E-state index contributed by atoms with van der Waals surface area (Å²) in [5.74, 6) is -2.91.